The number of nitrogens with one attached hydrogen (secondary N) is 3. The van der Waals surface area contributed by atoms with Crippen LogP contribution >= 0.6 is 0 Å². The number of esters is 2. The van der Waals surface area contributed by atoms with Gasteiger partial charge in [0.2, 0.25) is 11.8 Å². The molecule has 16 heteroatoms. The van der Waals surface area contributed by atoms with Crippen LogP contribution in [0.4, 0.5) is 15.3 Å². The molecule has 4 aromatic rings. The Balaban J connectivity index is 1.60. The van der Waals surface area contributed by atoms with Crippen LogP contribution in [0.25, 0.3) is 0 Å². The monoisotopic (exact) mass is 882 g/mol. The highest BCUT2D eigenvalue weighted by atomic mass is 16.6. The van der Waals surface area contributed by atoms with E-state index in [9.17, 15) is 19.5 Å². The fraction of sp³-hybridized carbons (Fsp3) is 0.306. The van der Waals surface area contributed by atoms with Gasteiger partial charge in [-0.25, -0.2) is 19.3 Å². The topological polar surface area (TPSA) is 219 Å². The predicted octanol–water partition coefficient (Wildman–Crippen LogP) is 3.95. The Morgan fingerprint density at radius 1 is 0.938 bits per heavy atom. The van der Waals surface area contributed by atoms with Gasteiger partial charge in [0.05, 0.1) is 44.0 Å². The number of rotatable bonds is 13. The number of anilines is 1. The van der Waals surface area contributed by atoms with Crippen molar-refractivity contribution in [3.8, 4) is 17.6 Å². The highest BCUT2D eigenvalue weighted by Gasteiger charge is 2.76. The maximum Gasteiger partial charge on any atom is 0.329 e. The average molecular weight is 883 g/mol. The second-order valence-corrected chi connectivity index (χ2v) is 16.0. The number of aliphatic hydroxyl groups is 1. The van der Waals surface area contributed by atoms with Crippen molar-refractivity contribution >= 4 is 41.5 Å². The summed E-state index contributed by atoms with van der Waals surface area (Å²) in [6.07, 6.45) is 0.473. The van der Waals surface area contributed by atoms with Crippen molar-refractivity contribution in [1.82, 2.24) is 20.9 Å². The Hall–Kier alpha value is -7.48. The second kappa shape index (κ2) is 19.5. The van der Waals surface area contributed by atoms with Crippen LogP contribution < -0.4 is 31.3 Å². The fourth-order valence-corrected chi connectivity index (χ4v) is 9.33. The van der Waals surface area contributed by atoms with Gasteiger partial charge < -0.3 is 41.0 Å². The molecule has 2 saturated heterocycles. The van der Waals surface area contributed by atoms with Crippen LogP contribution in [0, 0.1) is 23.7 Å². The number of carbonyl (C=O) groups is 6. The van der Waals surface area contributed by atoms with E-state index in [0.29, 0.717) is 22.3 Å². The summed E-state index contributed by atoms with van der Waals surface area (Å²) in [5, 5.41) is 18.0. The summed E-state index contributed by atoms with van der Waals surface area (Å²) in [5.41, 5.74) is 5.29. The third-order valence-electron chi connectivity index (χ3n) is 11.9. The zero-order valence-electron chi connectivity index (χ0n) is 36.1. The van der Waals surface area contributed by atoms with Crippen molar-refractivity contribution in [2.24, 2.45) is 17.6 Å². The number of hydrogen-bond donors (Lipinski definition) is 5. The summed E-state index contributed by atoms with van der Waals surface area (Å²) in [7, 11) is 1.18. The lowest BCUT2D eigenvalue weighted by Crippen LogP contribution is -2.57. The number of morpholine rings is 1. The molecule has 3 aliphatic rings. The molecule has 2 fully saturated rings. The smallest absolute Gasteiger partial charge is 0.329 e. The minimum Gasteiger partial charge on any atom is -0.491 e. The molecule has 3 aliphatic heterocycles. The normalized spacial score (nSPS) is 22.4. The predicted molar refractivity (Wildman–Crippen MR) is 238 cm³/mol. The molecule has 4 aromatic carbocycles. The molecule has 1 spiro atoms. The van der Waals surface area contributed by atoms with Gasteiger partial charge in [-0.05, 0) is 46.9 Å². The summed E-state index contributed by atoms with van der Waals surface area (Å²) >= 11 is 0. The molecule has 0 saturated carbocycles. The summed E-state index contributed by atoms with van der Waals surface area (Å²) in [6.45, 7) is 6.49. The number of cyclic esters (lactones) is 1. The number of nitrogens with two attached hydrogens (primary N) is 1. The van der Waals surface area contributed by atoms with E-state index >= 15 is 14.4 Å². The first kappa shape index (κ1) is 45.5. The van der Waals surface area contributed by atoms with E-state index in [4.69, 9.17) is 19.9 Å². The molecule has 0 aromatic heterocycles. The Morgan fingerprint density at radius 3 is 2.26 bits per heavy atom. The number of amides is 6. The van der Waals surface area contributed by atoms with E-state index < -0.39 is 83.3 Å². The van der Waals surface area contributed by atoms with E-state index in [1.807, 2.05) is 65.6 Å². The molecule has 16 nitrogen and oxygen atoms in total. The van der Waals surface area contributed by atoms with Crippen LogP contribution in [0.3, 0.4) is 0 Å². The van der Waals surface area contributed by atoms with Crippen LogP contribution in [0.5, 0.6) is 5.75 Å². The molecule has 0 unspecified atom stereocenters. The van der Waals surface area contributed by atoms with Crippen LogP contribution in [0.15, 0.2) is 116 Å². The van der Waals surface area contributed by atoms with Gasteiger partial charge in [-0.15, -0.1) is 6.58 Å². The molecule has 0 aliphatic carbocycles. The van der Waals surface area contributed by atoms with Gasteiger partial charge in [-0.3, -0.25) is 19.3 Å². The summed E-state index contributed by atoms with van der Waals surface area (Å²) < 4.78 is 17.7. The minimum atomic E-state index is -2.18. The van der Waals surface area contributed by atoms with Crippen molar-refractivity contribution < 1.29 is 48.1 Å². The second-order valence-electron chi connectivity index (χ2n) is 16.0. The Morgan fingerprint density at radius 2 is 1.62 bits per heavy atom. The lowest BCUT2D eigenvalue weighted by Gasteiger charge is -2.46. The Labute approximate surface area is 376 Å². The first-order chi connectivity index (χ1) is 31.4. The van der Waals surface area contributed by atoms with Crippen LogP contribution in [-0.2, 0) is 34.1 Å². The van der Waals surface area contributed by atoms with Gasteiger partial charge in [0.25, 0.3) is 0 Å². The fourth-order valence-electron chi connectivity index (χ4n) is 9.33. The zero-order chi connectivity index (χ0) is 46.4. The number of ether oxygens (including phenoxy) is 3. The maximum absolute atomic E-state index is 16.4. The standard InChI is InChI=1S/C49H50N6O10/c1-5-24-51-43(57)37-40-45(59)65-41(32-18-10-7-11-19-32)39(31-16-8-6-9-17-31)55(40)42(33-20-12-13-21-36(33)64-27-26-56)49(37)34-28-30(15-14-25-52-47(50)61)22-23-35(34)54(46(49)60)48(62)53-38(29(2)3)44(58)63-4/h5-13,16-23,28-29,37-42,56H,1,24-27H2,2-4H3,(H,51,57)(H,53,62)(H3,50,52,61)/t37-,38+,39-,40-,41+,42+,49-/m1/s1. The van der Waals surface area contributed by atoms with Gasteiger partial charge in [0.15, 0.2) is 0 Å². The molecule has 6 N–H and O–H groups in total. The van der Waals surface area contributed by atoms with Gasteiger partial charge in [-0.1, -0.05) is 111 Å². The van der Waals surface area contributed by atoms with Crippen molar-refractivity contribution in [2.45, 2.75) is 49.5 Å². The third-order valence-corrected chi connectivity index (χ3v) is 11.9. The van der Waals surface area contributed by atoms with E-state index in [1.54, 1.807) is 50.2 Å². The summed E-state index contributed by atoms with van der Waals surface area (Å²) in [4.78, 5) is 89.1. The highest BCUT2D eigenvalue weighted by molar-refractivity contribution is 6.25. The molecule has 336 valence electrons. The van der Waals surface area contributed by atoms with E-state index in [2.05, 4.69) is 34.4 Å². The number of methoxy groups -OCH3 is 1. The van der Waals surface area contributed by atoms with Crippen LogP contribution in [0.1, 0.15) is 59.9 Å². The largest absolute Gasteiger partial charge is 0.491 e. The average Bonchev–Trinajstić information content (AvgIpc) is 3.77. The highest BCUT2D eigenvalue weighted by Crippen LogP contribution is 2.66. The number of imide groups is 1. The number of aliphatic hydroxyl groups excluding tert-OH is 1. The van der Waals surface area contributed by atoms with Crippen LogP contribution in [0.2, 0.25) is 0 Å². The van der Waals surface area contributed by atoms with E-state index in [1.165, 1.54) is 19.3 Å². The van der Waals surface area contributed by atoms with Crippen molar-refractivity contribution in [1.29, 1.82) is 0 Å². The first-order valence-electron chi connectivity index (χ1n) is 21.1. The van der Waals surface area contributed by atoms with Gasteiger partial charge in [-0.2, -0.15) is 0 Å². The van der Waals surface area contributed by atoms with E-state index in [-0.39, 0.29) is 43.3 Å². The number of hydrogen-bond acceptors (Lipinski definition) is 11. The molecule has 6 amide bonds. The third kappa shape index (κ3) is 8.39. The molecular weight excluding hydrogens is 833 g/mol. The number of carbonyl (C=O) groups excluding carboxylic acids is 6. The minimum absolute atomic E-state index is 0.0463. The number of para-hydroxylation sites is 1. The summed E-state index contributed by atoms with van der Waals surface area (Å²) in [5.74, 6) is 0.767. The Bertz CT molecular complexity index is 2540. The van der Waals surface area contributed by atoms with Gasteiger partial charge >= 0.3 is 24.0 Å². The molecule has 0 radical (unpaired) electrons. The molecule has 7 rings (SSSR count). The summed E-state index contributed by atoms with van der Waals surface area (Å²) in [6, 6.07) is 23.2. The molecule has 0 bridgehead atoms. The molecule has 65 heavy (non-hydrogen) atoms. The van der Waals surface area contributed by atoms with Crippen molar-refractivity contribution in [3.05, 3.63) is 144 Å². The van der Waals surface area contributed by atoms with Crippen molar-refractivity contribution in [2.75, 3.05) is 38.3 Å². The number of primary amides is 1. The number of urea groups is 2. The van der Waals surface area contributed by atoms with Crippen molar-refractivity contribution in [3.63, 3.8) is 0 Å². The molecular formula is C49H50N6O10. The van der Waals surface area contributed by atoms with E-state index in [0.717, 1.165) is 4.90 Å². The number of benzene rings is 4. The van der Waals surface area contributed by atoms with Gasteiger partial charge in [0.1, 0.15) is 36.0 Å². The zero-order valence-corrected chi connectivity index (χ0v) is 36.1. The molecule has 3 heterocycles. The van der Waals surface area contributed by atoms with Gasteiger partial charge in [0, 0.05) is 17.7 Å². The number of nitrogens with zero attached hydrogens (tertiary/aromatic N) is 2. The number of fused-ring (bicyclic) bond motifs is 3. The lowest BCUT2D eigenvalue weighted by atomic mass is 9.65. The Kier molecular flexibility index (Phi) is 13.7. The first-order valence-corrected chi connectivity index (χ1v) is 21.1. The van der Waals surface area contributed by atoms with Crippen LogP contribution in [-0.4, -0.2) is 91.3 Å². The quantitative estimate of drug-likeness (QED) is 0.0736. The SMILES string of the molecule is C=CCNC(=O)[C@H]1[C@@H]2C(=O)O[C@@H](c3ccccc3)[C@@H](c3ccccc3)N2[C@@H](c2ccccc2OCCO)[C@]12C(=O)N(C(=O)N[C@H](C(=O)OC)C(C)C)c1ccc(C#CCNC(N)=O)cc12. The maximum atomic E-state index is 16.4. The molecule has 7 atom stereocenters. The lowest BCUT2D eigenvalue weighted by molar-refractivity contribution is -0.178.